The summed E-state index contributed by atoms with van der Waals surface area (Å²) in [7, 11) is -3.58. The standard InChI is InChI=1S/C11H12BrN3O2S2/c12-8-1-2-11(10(13)5-8)19(16,17)15-4-3-9-6-18-7-14-9/h1-2,5-7,15H,3-4,13H2. The lowest BCUT2D eigenvalue weighted by atomic mass is 10.3. The predicted molar refractivity (Wildman–Crippen MR) is 79.6 cm³/mol. The molecule has 102 valence electrons. The van der Waals surface area contributed by atoms with Gasteiger partial charge in [-0.05, 0) is 18.2 Å². The average Bonchev–Trinajstić information content (AvgIpc) is 2.81. The van der Waals surface area contributed by atoms with Crippen LogP contribution in [0.15, 0.2) is 38.5 Å². The van der Waals surface area contributed by atoms with E-state index in [0.29, 0.717) is 13.0 Å². The van der Waals surface area contributed by atoms with Gasteiger partial charge in [0.2, 0.25) is 10.0 Å². The van der Waals surface area contributed by atoms with Crippen LogP contribution in [0.1, 0.15) is 5.69 Å². The lowest BCUT2D eigenvalue weighted by Crippen LogP contribution is -2.26. The summed E-state index contributed by atoms with van der Waals surface area (Å²) in [6.45, 7) is 0.293. The van der Waals surface area contributed by atoms with Crippen molar-refractivity contribution in [2.75, 3.05) is 12.3 Å². The van der Waals surface area contributed by atoms with Crippen LogP contribution >= 0.6 is 27.3 Å². The molecule has 0 fully saturated rings. The summed E-state index contributed by atoms with van der Waals surface area (Å²) in [5.41, 5.74) is 8.52. The molecule has 19 heavy (non-hydrogen) atoms. The number of hydrogen-bond donors (Lipinski definition) is 2. The lowest BCUT2D eigenvalue weighted by Gasteiger charge is -2.08. The molecule has 0 aliphatic rings. The number of aromatic nitrogens is 1. The van der Waals surface area contributed by atoms with Crippen LogP contribution in [0, 0.1) is 0 Å². The highest BCUT2D eigenvalue weighted by molar-refractivity contribution is 9.10. The molecule has 1 heterocycles. The summed E-state index contributed by atoms with van der Waals surface area (Å²) in [6.07, 6.45) is 0.555. The minimum Gasteiger partial charge on any atom is -0.398 e. The Morgan fingerprint density at radius 3 is 2.84 bits per heavy atom. The largest absolute Gasteiger partial charge is 0.398 e. The van der Waals surface area contributed by atoms with Crippen LogP contribution in [-0.2, 0) is 16.4 Å². The van der Waals surface area contributed by atoms with Crippen LogP contribution in [-0.4, -0.2) is 19.9 Å². The van der Waals surface area contributed by atoms with Gasteiger partial charge in [-0.15, -0.1) is 11.3 Å². The molecule has 1 aromatic carbocycles. The van der Waals surface area contributed by atoms with Gasteiger partial charge in [-0.1, -0.05) is 15.9 Å². The van der Waals surface area contributed by atoms with Gasteiger partial charge in [-0.2, -0.15) is 0 Å². The molecule has 2 rings (SSSR count). The number of halogens is 1. The van der Waals surface area contributed by atoms with Gasteiger partial charge in [0.25, 0.3) is 0 Å². The second-order valence-electron chi connectivity index (χ2n) is 3.81. The van der Waals surface area contributed by atoms with Crippen molar-refractivity contribution in [2.45, 2.75) is 11.3 Å². The van der Waals surface area contributed by atoms with E-state index in [1.54, 1.807) is 17.6 Å². The minimum atomic E-state index is -3.58. The second-order valence-corrected chi connectivity index (χ2v) is 7.18. The molecular weight excluding hydrogens is 350 g/mol. The van der Waals surface area contributed by atoms with E-state index in [-0.39, 0.29) is 10.6 Å². The Bertz CT molecular complexity index is 657. The Labute approximate surface area is 124 Å². The number of benzene rings is 1. The maximum atomic E-state index is 12.1. The molecule has 0 saturated carbocycles. The average molecular weight is 362 g/mol. The number of rotatable bonds is 5. The van der Waals surface area contributed by atoms with Crippen molar-refractivity contribution in [3.8, 4) is 0 Å². The zero-order valence-electron chi connectivity index (χ0n) is 9.84. The van der Waals surface area contributed by atoms with E-state index in [4.69, 9.17) is 5.73 Å². The van der Waals surface area contributed by atoms with Crippen molar-refractivity contribution in [2.24, 2.45) is 0 Å². The Balaban J connectivity index is 2.05. The molecule has 2 aromatic rings. The Morgan fingerprint density at radius 1 is 1.42 bits per heavy atom. The maximum absolute atomic E-state index is 12.1. The van der Waals surface area contributed by atoms with E-state index in [1.807, 2.05) is 5.38 Å². The number of sulfonamides is 1. The van der Waals surface area contributed by atoms with Gasteiger partial charge >= 0.3 is 0 Å². The van der Waals surface area contributed by atoms with Gasteiger partial charge in [0.05, 0.1) is 16.9 Å². The molecule has 5 nitrogen and oxygen atoms in total. The zero-order chi connectivity index (χ0) is 13.9. The number of nitrogen functional groups attached to an aromatic ring is 1. The van der Waals surface area contributed by atoms with E-state index >= 15 is 0 Å². The summed E-state index contributed by atoms with van der Waals surface area (Å²) in [6, 6.07) is 4.69. The molecule has 0 aliphatic heterocycles. The zero-order valence-corrected chi connectivity index (χ0v) is 13.1. The minimum absolute atomic E-state index is 0.0916. The molecule has 0 radical (unpaired) electrons. The van der Waals surface area contributed by atoms with Gasteiger partial charge in [0.1, 0.15) is 4.90 Å². The van der Waals surface area contributed by atoms with Crippen LogP contribution in [0.4, 0.5) is 5.69 Å². The van der Waals surface area contributed by atoms with Gasteiger partial charge in [-0.3, -0.25) is 0 Å². The molecule has 3 N–H and O–H groups in total. The molecule has 0 unspecified atom stereocenters. The van der Waals surface area contributed by atoms with Gasteiger partial charge in [0, 0.05) is 22.8 Å². The summed E-state index contributed by atoms with van der Waals surface area (Å²) in [5.74, 6) is 0. The summed E-state index contributed by atoms with van der Waals surface area (Å²) in [5, 5.41) is 1.89. The molecular formula is C11H12BrN3O2S2. The van der Waals surface area contributed by atoms with Crippen molar-refractivity contribution < 1.29 is 8.42 Å². The van der Waals surface area contributed by atoms with Gasteiger partial charge in [0.15, 0.2) is 0 Å². The van der Waals surface area contributed by atoms with Crippen LogP contribution in [0.5, 0.6) is 0 Å². The monoisotopic (exact) mass is 361 g/mol. The molecule has 0 amide bonds. The van der Waals surface area contributed by atoms with Crippen molar-refractivity contribution in [1.82, 2.24) is 9.71 Å². The molecule has 0 aliphatic carbocycles. The smallest absolute Gasteiger partial charge is 0.242 e. The van der Waals surface area contributed by atoms with Gasteiger partial charge in [-0.25, -0.2) is 18.1 Å². The highest BCUT2D eigenvalue weighted by atomic mass is 79.9. The Hall–Kier alpha value is -0.960. The molecule has 8 heteroatoms. The van der Waals surface area contributed by atoms with Crippen LogP contribution in [0.2, 0.25) is 0 Å². The molecule has 1 aromatic heterocycles. The summed E-state index contributed by atoms with van der Waals surface area (Å²) < 4.78 is 27.4. The van der Waals surface area contributed by atoms with E-state index in [1.165, 1.54) is 17.4 Å². The third-order valence-corrected chi connectivity index (χ3v) is 5.08. The number of nitrogens with one attached hydrogen (secondary N) is 1. The number of nitrogens with zero attached hydrogens (tertiary/aromatic N) is 1. The predicted octanol–water partition coefficient (Wildman–Crippen LogP) is 2.01. The van der Waals surface area contributed by atoms with Crippen LogP contribution in [0.3, 0.4) is 0 Å². The number of hydrogen-bond acceptors (Lipinski definition) is 5. The van der Waals surface area contributed by atoms with E-state index in [0.717, 1.165) is 10.2 Å². The highest BCUT2D eigenvalue weighted by Crippen LogP contribution is 2.22. The first-order valence-electron chi connectivity index (χ1n) is 5.41. The summed E-state index contributed by atoms with van der Waals surface area (Å²) in [4.78, 5) is 4.18. The third-order valence-electron chi connectivity index (χ3n) is 2.42. The first-order chi connectivity index (χ1) is 8.99. The fourth-order valence-electron chi connectivity index (χ4n) is 1.52. The van der Waals surface area contributed by atoms with E-state index in [9.17, 15) is 8.42 Å². The van der Waals surface area contributed by atoms with Crippen LogP contribution in [0.25, 0.3) is 0 Å². The van der Waals surface area contributed by atoms with Crippen molar-refractivity contribution >= 4 is 43.0 Å². The number of nitrogens with two attached hydrogens (primary N) is 1. The van der Waals surface area contributed by atoms with Crippen LogP contribution < -0.4 is 10.5 Å². The normalized spacial score (nSPS) is 11.6. The number of anilines is 1. The first kappa shape index (κ1) is 14.4. The fraction of sp³-hybridized carbons (Fsp3) is 0.182. The second kappa shape index (κ2) is 6.00. The van der Waals surface area contributed by atoms with E-state index < -0.39 is 10.0 Å². The van der Waals surface area contributed by atoms with Crippen molar-refractivity contribution in [3.05, 3.63) is 39.3 Å². The van der Waals surface area contributed by atoms with Crippen molar-refractivity contribution in [3.63, 3.8) is 0 Å². The Kier molecular flexibility index (Phi) is 4.56. The van der Waals surface area contributed by atoms with Crippen molar-refractivity contribution in [1.29, 1.82) is 0 Å². The topological polar surface area (TPSA) is 85.1 Å². The molecule has 0 spiro atoms. The maximum Gasteiger partial charge on any atom is 0.242 e. The number of thiazole rings is 1. The first-order valence-corrected chi connectivity index (χ1v) is 8.63. The SMILES string of the molecule is Nc1cc(Br)ccc1S(=O)(=O)NCCc1cscn1. The Morgan fingerprint density at radius 2 is 2.21 bits per heavy atom. The molecule has 0 saturated heterocycles. The third kappa shape index (κ3) is 3.75. The van der Waals surface area contributed by atoms with Gasteiger partial charge < -0.3 is 5.73 Å². The highest BCUT2D eigenvalue weighted by Gasteiger charge is 2.16. The fourth-order valence-corrected chi connectivity index (χ4v) is 3.63. The molecule has 0 atom stereocenters. The lowest BCUT2D eigenvalue weighted by molar-refractivity contribution is 0.582. The summed E-state index contributed by atoms with van der Waals surface area (Å²) >= 11 is 4.72. The quantitative estimate of drug-likeness (QED) is 0.797. The molecule has 0 bridgehead atoms. The van der Waals surface area contributed by atoms with E-state index in [2.05, 4.69) is 25.6 Å².